The maximum absolute atomic E-state index is 11.8. The highest BCUT2D eigenvalue weighted by molar-refractivity contribution is 9.10. The van der Waals surface area contributed by atoms with E-state index in [1.54, 1.807) is 6.07 Å². The number of carboxylic acids is 1. The van der Waals surface area contributed by atoms with E-state index in [1.807, 2.05) is 19.1 Å². The summed E-state index contributed by atoms with van der Waals surface area (Å²) in [6.45, 7) is 2.10. The lowest BCUT2D eigenvalue weighted by Gasteiger charge is -2.10. The first-order valence-electron chi connectivity index (χ1n) is 6.68. The maximum Gasteiger partial charge on any atom is 0.314 e. The SMILES string of the molecule is Cc1ccc(Br)cc1NC(=O)CCNC(=O)NCCC(=O)O. The van der Waals surface area contributed by atoms with Crippen LogP contribution < -0.4 is 16.0 Å². The Balaban J connectivity index is 2.27. The van der Waals surface area contributed by atoms with Gasteiger partial charge in [0, 0.05) is 29.7 Å². The fraction of sp³-hybridized carbons (Fsp3) is 0.357. The van der Waals surface area contributed by atoms with Gasteiger partial charge in [-0.05, 0) is 24.6 Å². The number of aliphatic carboxylic acids is 1. The van der Waals surface area contributed by atoms with Gasteiger partial charge in [-0.25, -0.2) is 4.79 Å². The average Bonchev–Trinajstić information content (AvgIpc) is 2.42. The van der Waals surface area contributed by atoms with E-state index < -0.39 is 12.0 Å². The number of nitrogens with one attached hydrogen (secondary N) is 3. The van der Waals surface area contributed by atoms with Crippen LogP contribution in [0.1, 0.15) is 18.4 Å². The molecule has 4 N–H and O–H groups in total. The molecule has 0 bridgehead atoms. The zero-order valence-corrected chi connectivity index (χ0v) is 13.7. The molecule has 0 fully saturated rings. The number of carbonyl (C=O) groups is 3. The minimum atomic E-state index is -0.982. The van der Waals surface area contributed by atoms with Gasteiger partial charge in [-0.15, -0.1) is 0 Å². The van der Waals surface area contributed by atoms with Crippen molar-refractivity contribution < 1.29 is 19.5 Å². The molecule has 0 spiro atoms. The van der Waals surface area contributed by atoms with Gasteiger partial charge in [0.15, 0.2) is 0 Å². The van der Waals surface area contributed by atoms with Gasteiger partial charge in [0.2, 0.25) is 5.91 Å². The lowest BCUT2D eigenvalue weighted by atomic mass is 10.2. The number of carboxylic acid groups (broad SMARTS) is 1. The maximum atomic E-state index is 11.8. The zero-order chi connectivity index (χ0) is 16.5. The Labute approximate surface area is 136 Å². The van der Waals surface area contributed by atoms with E-state index in [9.17, 15) is 14.4 Å². The summed E-state index contributed by atoms with van der Waals surface area (Å²) >= 11 is 3.33. The van der Waals surface area contributed by atoms with Gasteiger partial charge >= 0.3 is 12.0 Å². The van der Waals surface area contributed by atoms with E-state index in [-0.39, 0.29) is 31.8 Å². The van der Waals surface area contributed by atoms with Crippen molar-refractivity contribution in [2.75, 3.05) is 18.4 Å². The highest BCUT2D eigenvalue weighted by Crippen LogP contribution is 2.20. The van der Waals surface area contributed by atoms with Gasteiger partial charge in [0.1, 0.15) is 0 Å². The topological polar surface area (TPSA) is 108 Å². The van der Waals surface area contributed by atoms with E-state index in [0.717, 1.165) is 10.0 Å². The minimum absolute atomic E-state index is 0.0462. The molecule has 22 heavy (non-hydrogen) atoms. The van der Waals surface area contributed by atoms with E-state index in [4.69, 9.17) is 5.11 Å². The molecule has 0 heterocycles. The molecule has 8 heteroatoms. The first-order chi connectivity index (χ1) is 10.4. The molecule has 0 atom stereocenters. The fourth-order valence-corrected chi connectivity index (χ4v) is 1.94. The Kier molecular flexibility index (Phi) is 7.38. The Morgan fingerprint density at radius 1 is 1.14 bits per heavy atom. The minimum Gasteiger partial charge on any atom is -0.481 e. The van der Waals surface area contributed by atoms with Crippen LogP contribution in [0.5, 0.6) is 0 Å². The van der Waals surface area contributed by atoms with Crippen LogP contribution in [0.3, 0.4) is 0 Å². The van der Waals surface area contributed by atoms with Crippen LogP contribution in [0, 0.1) is 6.92 Å². The second-order valence-electron chi connectivity index (χ2n) is 4.58. The number of amides is 3. The molecular formula is C14H18BrN3O4. The third-order valence-corrected chi connectivity index (χ3v) is 3.23. The van der Waals surface area contributed by atoms with E-state index in [1.165, 1.54) is 0 Å². The van der Waals surface area contributed by atoms with Crippen LogP contribution in [0.15, 0.2) is 22.7 Å². The summed E-state index contributed by atoms with van der Waals surface area (Å²) in [5.74, 6) is -1.20. The number of carbonyl (C=O) groups excluding carboxylic acids is 2. The summed E-state index contributed by atoms with van der Waals surface area (Å²) < 4.78 is 0.865. The van der Waals surface area contributed by atoms with Crippen LogP contribution >= 0.6 is 15.9 Å². The number of rotatable bonds is 7. The van der Waals surface area contributed by atoms with E-state index >= 15 is 0 Å². The molecule has 0 aromatic heterocycles. The molecule has 0 saturated heterocycles. The van der Waals surface area contributed by atoms with Crippen LogP contribution in [-0.2, 0) is 9.59 Å². The number of urea groups is 1. The molecule has 0 unspecified atom stereocenters. The Hall–Kier alpha value is -2.09. The van der Waals surface area contributed by atoms with Crippen LogP contribution in [0.25, 0.3) is 0 Å². The van der Waals surface area contributed by atoms with E-state index in [2.05, 4.69) is 31.9 Å². The second kappa shape index (κ2) is 9.04. The van der Waals surface area contributed by atoms with Crippen molar-refractivity contribution in [3.63, 3.8) is 0 Å². The van der Waals surface area contributed by atoms with Gasteiger partial charge in [-0.1, -0.05) is 22.0 Å². The van der Waals surface area contributed by atoms with Gasteiger partial charge in [0.05, 0.1) is 6.42 Å². The van der Waals surface area contributed by atoms with Crippen molar-refractivity contribution in [3.05, 3.63) is 28.2 Å². The molecule has 120 valence electrons. The number of halogens is 1. The molecule has 1 aromatic rings. The van der Waals surface area contributed by atoms with Crippen molar-refractivity contribution in [1.29, 1.82) is 0 Å². The molecule has 7 nitrogen and oxygen atoms in total. The number of aryl methyl sites for hydroxylation is 1. The predicted octanol–water partition coefficient (Wildman–Crippen LogP) is 1.86. The highest BCUT2D eigenvalue weighted by Gasteiger charge is 2.07. The first-order valence-corrected chi connectivity index (χ1v) is 7.47. The van der Waals surface area contributed by atoms with Crippen LogP contribution in [0.2, 0.25) is 0 Å². The van der Waals surface area contributed by atoms with Crippen molar-refractivity contribution in [2.24, 2.45) is 0 Å². The number of anilines is 1. The largest absolute Gasteiger partial charge is 0.481 e. The highest BCUT2D eigenvalue weighted by atomic mass is 79.9. The normalized spacial score (nSPS) is 9.91. The Morgan fingerprint density at radius 2 is 1.77 bits per heavy atom. The third kappa shape index (κ3) is 7.07. The summed E-state index contributed by atoms with van der Waals surface area (Å²) in [4.78, 5) is 33.4. The summed E-state index contributed by atoms with van der Waals surface area (Å²) in [5.41, 5.74) is 1.65. The molecule has 0 radical (unpaired) electrons. The smallest absolute Gasteiger partial charge is 0.314 e. The number of benzene rings is 1. The molecule has 0 saturated carbocycles. The average molecular weight is 372 g/mol. The van der Waals surface area contributed by atoms with Gasteiger partial charge < -0.3 is 21.1 Å². The molecular weight excluding hydrogens is 354 g/mol. The van der Waals surface area contributed by atoms with Crippen LogP contribution in [-0.4, -0.2) is 36.1 Å². The monoisotopic (exact) mass is 371 g/mol. The Bertz CT molecular complexity index is 563. The lowest BCUT2D eigenvalue weighted by molar-refractivity contribution is -0.136. The zero-order valence-electron chi connectivity index (χ0n) is 12.1. The first kappa shape index (κ1) is 18.0. The van der Waals surface area contributed by atoms with Crippen molar-refractivity contribution >= 4 is 39.5 Å². The lowest BCUT2D eigenvalue weighted by Crippen LogP contribution is -2.38. The van der Waals surface area contributed by atoms with Gasteiger partial charge in [-0.2, -0.15) is 0 Å². The summed E-state index contributed by atoms with van der Waals surface area (Å²) in [6.07, 6.45) is -0.0195. The molecule has 1 rings (SSSR count). The second-order valence-corrected chi connectivity index (χ2v) is 5.50. The molecule has 0 aliphatic heterocycles. The van der Waals surface area contributed by atoms with Gasteiger partial charge in [0.25, 0.3) is 0 Å². The van der Waals surface area contributed by atoms with Crippen LogP contribution in [0.4, 0.5) is 10.5 Å². The third-order valence-electron chi connectivity index (χ3n) is 2.74. The summed E-state index contributed by atoms with van der Waals surface area (Å²) in [7, 11) is 0. The quantitative estimate of drug-likeness (QED) is 0.586. The van der Waals surface area contributed by atoms with Crippen molar-refractivity contribution in [1.82, 2.24) is 10.6 Å². The van der Waals surface area contributed by atoms with Crippen molar-refractivity contribution in [2.45, 2.75) is 19.8 Å². The molecule has 0 aliphatic rings. The summed E-state index contributed by atoms with van der Waals surface area (Å²) in [6, 6.07) is 5.08. The van der Waals surface area contributed by atoms with Gasteiger partial charge in [-0.3, -0.25) is 9.59 Å². The predicted molar refractivity (Wildman–Crippen MR) is 85.8 cm³/mol. The van der Waals surface area contributed by atoms with Crippen molar-refractivity contribution in [3.8, 4) is 0 Å². The fourth-order valence-electron chi connectivity index (χ4n) is 1.58. The van der Waals surface area contributed by atoms with E-state index in [0.29, 0.717) is 5.69 Å². The Morgan fingerprint density at radius 3 is 2.41 bits per heavy atom. The molecule has 1 aromatic carbocycles. The molecule has 3 amide bonds. The standard InChI is InChI=1S/C14H18BrN3O4/c1-9-2-3-10(15)8-11(9)18-12(19)4-6-16-14(22)17-7-5-13(20)21/h2-3,8H,4-7H2,1H3,(H,18,19)(H,20,21)(H2,16,17,22). The summed E-state index contributed by atoms with van der Waals surface area (Å²) in [5, 5.41) is 16.1. The molecule has 0 aliphatic carbocycles. The number of hydrogen-bond donors (Lipinski definition) is 4. The number of hydrogen-bond acceptors (Lipinski definition) is 3.